The van der Waals surface area contributed by atoms with Crippen LogP contribution in [0.5, 0.6) is 0 Å². The SMILES string of the molecule is Cc1cc(NC(=O)CCc2ccc(-c3ccccc3)c(NC(=O)OC3CC[N+](C)(C)CC3)c2)ccc1C=O. The highest BCUT2D eigenvalue weighted by atomic mass is 16.6. The summed E-state index contributed by atoms with van der Waals surface area (Å²) in [6, 6.07) is 21.0. The zero-order valence-corrected chi connectivity index (χ0v) is 22.3. The third kappa shape index (κ3) is 7.29. The Labute approximate surface area is 224 Å². The number of likely N-dealkylation sites (tertiary alicyclic amines) is 1. The van der Waals surface area contributed by atoms with Crippen LogP contribution in [-0.4, -0.2) is 56.1 Å². The fourth-order valence-electron chi connectivity index (χ4n) is 4.74. The van der Waals surface area contributed by atoms with Gasteiger partial charge in [0.1, 0.15) is 12.4 Å². The molecule has 2 N–H and O–H groups in total. The molecule has 1 fully saturated rings. The summed E-state index contributed by atoms with van der Waals surface area (Å²) in [5, 5.41) is 5.86. The van der Waals surface area contributed by atoms with E-state index in [0.717, 1.165) is 59.0 Å². The van der Waals surface area contributed by atoms with Gasteiger partial charge in [-0.05, 0) is 54.3 Å². The van der Waals surface area contributed by atoms with Gasteiger partial charge in [-0.3, -0.25) is 14.9 Å². The molecular weight excluding hydrogens is 478 g/mol. The number of piperidine rings is 1. The van der Waals surface area contributed by atoms with Crippen LogP contribution in [0.2, 0.25) is 0 Å². The number of rotatable bonds is 8. The molecule has 38 heavy (non-hydrogen) atoms. The van der Waals surface area contributed by atoms with Crippen molar-refractivity contribution in [2.24, 2.45) is 0 Å². The van der Waals surface area contributed by atoms with E-state index in [-0.39, 0.29) is 18.4 Å². The second kappa shape index (κ2) is 12.0. The number of quaternary nitrogens is 1. The molecule has 1 aliphatic heterocycles. The summed E-state index contributed by atoms with van der Waals surface area (Å²) in [5.41, 5.74) is 5.54. The standard InChI is InChI=1S/C31H35N3O4/c1-22-19-26(12-11-25(22)21-35)32-30(36)14-10-23-9-13-28(24-7-5-4-6-8-24)29(20-23)33-31(37)38-27-15-17-34(2,3)18-16-27/h4-9,11-13,19-21,27H,10,14-18H2,1-3H3,(H-,32,33,35,36,37)/p+1. The van der Waals surface area contributed by atoms with Crippen molar-refractivity contribution >= 4 is 29.7 Å². The van der Waals surface area contributed by atoms with Gasteiger partial charge < -0.3 is 14.5 Å². The Morgan fingerprint density at radius 1 is 0.974 bits per heavy atom. The number of benzene rings is 3. The normalized spacial score (nSPS) is 14.9. The molecule has 1 aliphatic rings. The molecule has 0 unspecified atom stereocenters. The Balaban J connectivity index is 1.43. The van der Waals surface area contributed by atoms with Crippen LogP contribution in [0.3, 0.4) is 0 Å². The summed E-state index contributed by atoms with van der Waals surface area (Å²) >= 11 is 0. The minimum Gasteiger partial charge on any atom is -0.446 e. The van der Waals surface area contributed by atoms with Crippen LogP contribution in [0.25, 0.3) is 11.1 Å². The number of carbonyl (C=O) groups excluding carboxylic acids is 3. The van der Waals surface area contributed by atoms with Gasteiger partial charge in [0.05, 0.1) is 32.9 Å². The molecule has 0 aromatic heterocycles. The Hall–Kier alpha value is -3.97. The fourth-order valence-corrected chi connectivity index (χ4v) is 4.74. The van der Waals surface area contributed by atoms with Gasteiger partial charge in [0, 0.05) is 36.1 Å². The van der Waals surface area contributed by atoms with Crippen LogP contribution in [0.1, 0.15) is 40.7 Å². The first-order valence-electron chi connectivity index (χ1n) is 13.1. The van der Waals surface area contributed by atoms with Gasteiger partial charge in [0.2, 0.25) is 5.91 Å². The lowest BCUT2D eigenvalue weighted by Gasteiger charge is -2.36. The van der Waals surface area contributed by atoms with E-state index in [1.807, 2.05) is 55.5 Å². The number of aryl methyl sites for hydroxylation is 2. The average Bonchev–Trinajstić information content (AvgIpc) is 2.89. The summed E-state index contributed by atoms with van der Waals surface area (Å²) < 4.78 is 6.71. The predicted molar refractivity (Wildman–Crippen MR) is 150 cm³/mol. The summed E-state index contributed by atoms with van der Waals surface area (Å²) in [5.74, 6) is -0.122. The largest absolute Gasteiger partial charge is 0.446 e. The van der Waals surface area contributed by atoms with Crippen LogP contribution in [0.4, 0.5) is 16.2 Å². The van der Waals surface area contributed by atoms with E-state index in [1.54, 1.807) is 18.2 Å². The number of hydrogen-bond donors (Lipinski definition) is 2. The molecule has 0 bridgehead atoms. The molecule has 0 aliphatic carbocycles. The van der Waals surface area contributed by atoms with Crippen molar-refractivity contribution in [3.8, 4) is 11.1 Å². The molecule has 1 heterocycles. The molecule has 1 saturated heterocycles. The van der Waals surface area contributed by atoms with Gasteiger partial charge in [-0.1, -0.05) is 42.5 Å². The Morgan fingerprint density at radius 2 is 1.71 bits per heavy atom. The molecule has 0 atom stereocenters. The highest BCUT2D eigenvalue weighted by Gasteiger charge is 2.28. The first kappa shape index (κ1) is 27.1. The fraction of sp³-hybridized carbons (Fsp3) is 0.323. The Kier molecular flexibility index (Phi) is 8.59. The van der Waals surface area contributed by atoms with E-state index in [9.17, 15) is 14.4 Å². The summed E-state index contributed by atoms with van der Waals surface area (Å²) in [7, 11) is 4.39. The maximum atomic E-state index is 12.9. The van der Waals surface area contributed by atoms with Crippen LogP contribution >= 0.6 is 0 Å². The van der Waals surface area contributed by atoms with Gasteiger partial charge in [0.15, 0.2) is 0 Å². The summed E-state index contributed by atoms with van der Waals surface area (Å²) in [4.78, 5) is 36.5. The van der Waals surface area contributed by atoms with Crippen molar-refractivity contribution < 1.29 is 23.6 Å². The minimum absolute atomic E-state index is 0.0857. The number of hydrogen-bond acceptors (Lipinski definition) is 4. The second-order valence-electron chi connectivity index (χ2n) is 10.6. The molecular formula is C31H36N3O4+. The number of ether oxygens (including phenoxy) is 1. The van der Waals surface area contributed by atoms with E-state index < -0.39 is 6.09 Å². The van der Waals surface area contributed by atoms with Crippen LogP contribution in [0.15, 0.2) is 66.7 Å². The third-order valence-electron chi connectivity index (χ3n) is 7.11. The summed E-state index contributed by atoms with van der Waals surface area (Å²) in [6.07, 6.45) is 2.74. The molecule has 0 saturated carbocycles. The number of anilines is 2. The van der Waals surface area contributed by atoms with Gasteiger partial charge in [0.25, 0.3) is 0 Å². The van der Waals surface area contributed by atoms with Gasteiger partial charge in [-0.25, -0.2) is 4.79 Å². The molecule has 0 spiro atoms. The van der Waals surface area contributed by atoms with Crippen LogP contribution in [-0.2, 0) is 16.0 Å². The Bertz CT molecular complexity index is 1290. The van der Waals surface area contributed by atoms with Crippen LogP contribution < -0.4 is 10.6 Å². The summed E-state index contributed by atoms with van der Waals surface area (Å²) in [6.45, 7) is 3.79. The van der Waals surface area contributed by atoms with E-state index in [0.29, 0.717) is 23.4 Å². The molecule has 2 amide bonds. The molecule has 4 rings (SSSR count). The van der Waals surface area contributed by atoms with Crippen molar-refractivity contribution in [1.29, 1.82) is 0 Å². The molecule has 3 aromatic rings. The molecule has 7 nitrogen and oxygen atoms in total. The van der Waals surface area contributed by atoms with Crippen molar-refractivity contribution in [2.45, 2.75) is 38.7 Å². The van der Waals surface area contributed by atoms with Crippen LogP contribution in [0, 0.1) is 6.92 Å². The zero-order chi connectivity index (χ0) is 27.1. The molecule has 7 heteroatoms. The third-order valence-corrected chi connectivity index (χ3v) is 7.11. The number of amides is 2. The molecule has 3 aromatic carbocycles. The first-order valence-corrected chi connectivity index (χ1v) is 13.1. The van der Waals surface area contributed by atoms with Gasteiger partial charge in [-0.15, -0.1) is 0 Å². The highest BCUT2D eigenvalue weighted by Crippen LogP contribution is 2.30. The zero-order valence-electron chi connectivity index (χ0n) is 22.3. The van der Waals surface area contributed by atoms with Crippen molar-refractivity contribution in [3.05, 3.63) is 83.4 Å². The number of carbonyl (C=O) groups is 3. The first-order chi connectivity index (χ1) is 18.2. The van der Waals surface area contributed by atoms with E-state index >= 15 is 0 Å². The average molecular weight is 515 g/mol. The maximum absolute atomic E-state index is 12.9. The van der Waals surface area contributed by atoms with E-state index in [1.165, 1.54) is 0 Å². The van der Waals surface area contributed by atoms with Crippen molar-refractivity contribution in [3.63, 3.8) is 0 Å². The lowest BCUT2D eigenvalue weighted by atomic mass is 9.99. The van der Waals surface area contributed by atoms with Crippen molar-refractivity contribution in [2.75, 3.05) is 37.8 Å². The molecule has 0 radical (unpaired) electrons. The second-order valence-corrected chi connectivity index (χ2v) is 10.6. The van der Waals surface area contributed by atoms with Gasteiger partial charge >= 0.3 is 6.09 Å². The number of nitrogens with one attached hydrogen (secondary N) is 2. The smallest absolute Gasteiger partial charge is 0.411 e. The lowest BCUT2D eigenvalue weighted by Crippen LogP contribution is -2.48. The topological polar surface area (TPSA) is 84.5 Å². The van der Waals surface area contributed by atoms with E-state index in [2.05, 4.69) is 24.7 Å². The number of nitrogens with zero attached hydrogens (tertiary/aromatic N) is 1. The van der Waals surface area contributed by atoms with Crippen molar-refractivity contribution in [1.82, 2.24) is 0 Å². The van der Waals surface area contributed by atoms with E-state index in [4.69, 9.17) is 4.74 Å². The Morgan fingerprint density at radius 3 is 2.39 bits per heavy atom. The van der Waals surface area contributed by atoms with Gasteiger partial charge in [-0.2, -0.15) is 0 Å². The maximum Gasteiger partial charge on any atom is 0.411 e. The lowest BCUT2D eigenvalue weighted by molar-refractivity contribution is -0.896. The number of aldehydes is 1. The molecule has 198 valence electrons. The quantitative estimate of drug-likeness (QED) is 0.292. The predicted octanol–water partition coefficient (Wildman–Crippen LogP) is 5.83. The highest BCUT2D eigenvalue weighted by molar-refractivity contribution is 5.93. The minimum atomic E-state index is -0.455. The monoisotopic (exact) mass is 514 g/mol.